The van der Waals surface area contributed by atoms with E-state index in [9.17, 15) is 0 Å². The van der Waals surface area contributed by atoms with Crippen molar-refractivity contribution >= 4 is 5.96 Å². The van der Waals surface area contributed by atoms with Crippen molar-refractivity contribution < 1.29 is 0 Å². The summed E-state index contributed by atoms with van der Waals surface area (Å²) in [5.74, 6) is 3.50. The van der Waals surface area contributed by atoms with E-state index in [-0.39, 0.29) is 0 Å². The van der Waals surface area contributed by atoms with Crippen LogP contribution >= 0.6 is 0 Å². The molecule has 1 aliphatic rings. The molecule has 1 saturated heterocycles. The first-order chi connectivity index (χ1) is 12.7. The Morgan fingerprint density at radius 3 is 2.81 bits per heavy atom. The zero-order valence-electron chi connectivity index (χ0n) is 16.1. The van der Waals surface area contributed by atoms with E-state index in [1.54, 1.807) is 12.5 Å². The molecule has 140 valence electrons. The summed E-state index contributed by atoms with van der Waals surface area (Å²) in [5.41, 5.74) is 1.14. The molecule has 1 atom stereocenters. The maximum Gasteiger partial charge on any atom is 0.193 e. The molecule has 0 aromatic carbocycles. The lowest BCUT2D eigenvalue weighted by molar-refractivity contribution is 0.319. The van der Waals surface area contributed by atoms with Crippen LogP contribution in [-0.2, 0) is 6.54 Å². The molecule has 2 aromatic rings. The summed E-state index contributed by atoms with van der Waals surface area (Å²) < 4.78 is 1.90. The summed E-state index contributed by atoms with van der Waals surface area (Å²) in [5, 5.41) is 3.49. The molecule has 0 spiro atoms. The van der Waals surface area contributed by atoms with E-state index >= 15 is 0 Å². The number of hydrogen-bond acceptors (Lipinski definition) is 3. The number of aliphatic imine (C=N–C) groups is 1. The first kappa shape index (κ1) is 18.4. The van der Waals surface area contributed by atoms with E-state index in [2.05, 4.69) is 45.1 Å². The van der Waals surface area contributed by atoms with Crippen molar-refractivity contribution in [3.63, 3.8) is 0 Å². The van der Waals surface area contributed by atoms with Gasteiger partial charge in [0.05, 0.1) is 0 Å². The number of nitrogens with one attached hydrogen (secondary N) is 1. The van der Waals surface area contributed by atoms with Crippen molar-refractivity contribution in [1.82, 2.24) is 24.8 Å². The predicted octanol–water partition coefficient (Wildman–Crippen LogP) is 3.10. The SMILES string of the molecule is CCC(CC)C1CCN(C(=NC)NCc2ccc(-n3ccnc3)nc2)C1. The van der Waals surface area contributed by atoms with Gasteiger partial charge in [-0.3, -0.25) is 9.56 Å². The Balaban J connectivity index is 1.55. The van der Waals surface area contributed by atoms with Gasteiger partial charge in [-0.2, -0.15) is 0 Å². The van der Waals surface area contributed by atoms with Crippen LogP contribution in [0, 0.1) is 11.8 Å². The molecule has 3 rings (SSSR count). The van der Waals surface area contributed by atoms with Crippen molar-refractivity contribution in [2.45, 2.75) is 39.7 Å². The molecule has 3 heterocycles. The third kappa shape index (κ3) is 4.23. The van der Waals surface area contributed by atoms with Crippen LogP contribution in [0.5, 0.6) is 0 Å². The zero-order chi connectivity index (χ0) is 18.4. The summed E-state index contributed by atoms with van der Waals surface area (Å²) >= 11 is 0. The minimum absolute atomic E-state index is 0.732. The number of likely N-dealkylation sites (tertiary alicyclic amines) is 1. The average Bonchev–Trinajstić information content (AvgIpc) is 3.36. The van der Waals surface area contributed by atoms with E-state index in [0.717, 1.165) is 48.8 Å². The molecule has 1 fully saturated rings. The van der Waals surface area contributed by atoms with Gasteiger partial charge < -0.3 is 10.2 Å². The first-order valence-corrected chi connectivity index (χ1v) is 9.64. The van der Waals surface area contributed by atoms with Crippen molar-refractivity contribution in [1.29, 1.82) is 0 Å². The Morgan fingerprint density at radius 1 is 1.35 bits per heavy atom. The molecule has 6 nitrogen and oxygen atoms in total. The molecule has 0 bridgehead atoms. The van der Waals surface area contributed by atoms with Crippen LogP contribution < -0.4 is 5.32 Å². The highest BCUT2D eigenvalue weighted by Crippen LogP contribution is 2.28. The second kappa shape index (κ2) is 8.83. The van der Waals surface area contributed by atoms with Gasteiger partial charge in [0.15, 0.2) is 5.96 Å². The molecule has 1 unspecified atom stereocenters. The molecule has 2 aromatic heterocycles. The van der Waals surface area contributed by atoms with Crippen molar-refractivity contribution in [3.8, 4) is 5.82 Å². The lowest BCUT2D eigenvalue weighted by Gasteiger charge is -2.24. The maximum atomic E-state index is 4.51. The lowest BCUT2D eigenvalue weighted by atomic mass is 9.87. The standard InChI is InChI=1S/C20H30N6/c1-4-17(5-2)18-8-10-25(14-18)20(21-3)24-13-16-6-7-19(23-12-16)26-11-9-22-15-26/h6-7,9,11-12,15,17-18H,4-5,8,10,13-14H2,1-3H3,(H,21,24). The highest BCUT2D eigenvalue weighted by Gasteiger charge is 2.29. The third-order valence-electron chi connectivity index (χ3n) is 5.48. The summed E-state index contributed by atoms with van der Waals surface area (Å²) in [6, 6.07) is 4.11. The molecule has 1 N–H and O–H groups in total. The van der Waals surface area contributed by atoms with Crippen LogP contribution in [0.2, 0.25) is 0 Å². The Morgan fingerprint density at radius 2 is 2.19 bits per heavy atom. The van der Waals surface area contributed by atoms with Crippen molar-refractivity contribution in [2.75, 3.05) is 20.1 Å². The fraction of sp³-hybridized carbons (Fsp3) is 0.550. The highest BCUT2D eigenvalue weighted by molar-refractivity contribution is 5.80. The van der Waals surface area contributed by atoms with Crippen molar-refractivity contribution in [2.24, 2.45) is 16.8 Å². The van der Waals surface area contributed by atoms with Crippen LogP contribution in [0.3, 0.4) is 0 Å². The molecule has 26 heavy (non-hydrogen) atoms. The van der Waals surface area contributed by atoms with Gasteiger partial charge in [-0.05, 0) is 29.9 Å². The van der Waals surface area contributed by atoms with Gasteiger partial charge in [-0.1, -0.05) is 32.8 Å². The topological polar surface area (TPSA) is 58.3 Å². The maximum absolute atomic E-state index is 4.51. The number of hydrogen-bond donors (Lipinski definition) is 1. The average molecular weight is 355 g/mol. The number of imidazole rings is 1. The van der Waals surface area contributed by atoms with Gasteiger partial charge in [-0.15, -0.1) is 0 Å². The Bertz CT molecular complexity index is 688. The highest BCUT2D eigenvalue weighted by atomic mass is 15.3. The fourth-order valence-corrected chi connectivity index (χ4v) is 3.90. The Labute approximate surface area is 156 Å². The van der Waals surface area contributed by atoms with E-state index < -0.39 is 0 Å². The second-order valence-electron chi connectivity index (χ2n) is 6.97. The second-order valence-corrected chi connectivity index (χ2v) is 6.97. The summed E-state index contributed by atoms with van der Waals surface area (Å²) in [4.78, 5) is 15.5. The number of nitrogens with zero attached hydrogens (tertiary/aromatic N) is 5. The summed E-state index contributed by atoms with van der Waals surface area (Å²) in [6.45, 7) is 7.56. The number of pyridine rings is 1. The smallest absolute Gasteiger partial charge is 0.193 e. The van der Waals surface area contributed by atoms with Gasteiger partial charge in [0.2, 0.25) is 0 Å². The van der Waals surface area contributed by atoms with Crippen LogP contribution in [0.4, 0.5) is 0 Å². The normalized spacial score (nSPS) is 17.9. The Hall–Kier alpha value is -2.37. The van der Waals surface area contributed by atoms with E-state index in [1.165, 1.54) is 19.3 Å². The minimum atomic E-state index is 0.732. The van der Waals surface area contributed by atoms with Gasteiger partial charge in [0, 0.05) is 45.3 Å². The number of aromatic nitrogens is 3. The number of guanidine groups is 1. The predicted molar refractivity (Wildman–Crippen MR) is 105 cm³/mol. The van der Waals surface area contributed by atoms with Gasteiger partial charge >= 0.3 is 0 Å². The van der Waals surface area contributed by atoms with Crippen LogP contribution in [-0.4, -0.2) is 45.5 Å². The summed E-state index contributed by atoms with van der Waals surface area (Å²) in [7, 11) is 1.87. The molecule has 0 aliphatic carbocycles. The van der Waals surface area contributed by atoms with E-state index in [0.29, 0.717) is 0 Å². The van der Waals surface area contributed by atoms with Crippen LogP contribution in [0.15, 0.2) is 42.0 Å². The summed E-state index contributed by atoms with van der Waals surface area (Å²) in [6.07, 6.45) is 11.1. The molecule has 0 radical (unpaired) electrons. The third-order valence-corrected chi connectivity index (χ3v) is 5.48. The molecule has 0 saturated carbocycles. The minimum Gasteiger partial charge on any atom is -0.352 e. The molecular formula is C20H30N6. The van der Waals surface area contributed by atoms with Crippen molar-refractivity contribution in [3.05, 3.63) is 42.6 Å². The van der Waals surface area contributed by atoms with E-state index in [1.807, 2.05) is 30.1 Å². The van der Waals surface area contributed by atoms with Crippen LogP contribution in [0.25, 0.3) is 5.82 Å². The zero-order valence-corrected chi connectivity index (χ0v) is 16.1. The number of rotatable bonds is 6. The van der Waals surface area contributed by atoms with Crippen LogP contribution in [0.1, 0.15) is 38.7 Å². The molecular weight excluding hydrogens is 324 g/mol. The lowest BCUT2D eigenvalue weighted by Crippen LogP contribution is -2.40. The largest absolute Gasteiger partial charge is 0.352 e. The van der Waals surface area contributed by atoms with Gasteiger partial charge in [0.1, 0.15) is 12.1 Å². The van der Waals surface area contributed by atoms with Gasteiger partial charge in [-0.25, -0.2) is 9.97 Å². The molecule has 6 heteroatoms. The quantitative estimate of drug-likeness (QED) is 0.640. The first-order valence-electron chi connectivity index (χ1n) is 9.64. The van der Waals surface area contributed by atoms with E-state index in [4.69, 9.17) is 0 Å². The van der Waals surface area contributed by atoms with Gasteiger partial charge in [0.25, 0.3) is 0 Å². The monoisotopic (exact) mass is 354 g/mol. The molecule has 1 aliphatic heterocycles. The fourth-order valence-electron chi connectivity index (χ4n) is 3.90. The Kier molecular flexibility index (Phi) is 6.26. The molecule has 0 amide bonds.